The molecule has 0 spiro atoms. The van der Waals surface area contributed by atoms with Crippen LogP contribution in [0.25, 0.3) is 101 Å². The molecule has 0 radical (unpaired) electrons. The Morgan fingerprint density at radius 3 is 1.89 bits per heavy atom. The van der Waals surface area contributed by atoms with Gasteiger partial charge in [0.2, 0.25) is 5.95 Å². The first-order valence-electron chi connectivity index (χ1n) is 15.8. The number of benzene rings is 7. The van der Waals surface area contributed by atoms with Gasteiger partial charge in [0.05, 0.1) is 16.7 Å². The van der Waals surface area contributed by atoms with Crippen LogP contribution in [0.15, 0.2) is 140 Å². The van der Waals surface area contributed by atoms with E-state index in [1.807, 2.05) is 11.3 Å². The van der Waals surface area contributed by atoms with Crippen molar-refractivity contribution in [3.8, 4) is 17.2 Å². The fourth-order valence-electron chi connectivity index (χ4n) is 7.67. The van der Waals surface area contributed by atoms with Gasteiger partial charge >= 0.3 is 0 Å². The third-order valence-corrected chi connectivity index (χ3v) is 11.9. The Morgan fingerprint density at radius 1 is 0.447 bits per heavy atom. The van der Waals surface area contributed by atoms with E-state index in [1.54, 1.807) is 11.3 Å². The lowest BCUT2D eigenvalue weighted by molar-refractivity contribution is 1.02. The summed E-state index contributed by atoms with van der Waals surface area (Å²) in [5.74, 6) is 0.697. The maximum absolute atomic E-state index is 5.58. The summed E-state index contributed by atoms with van der Waals surface area (Å²) in [6.07, 6.45) is 0. The smallest absolute Gasteiger partial charge is 0.236 e. The Balaban J connectivity index is 1.37. The number of thiophene rings is 2. The maximum Gasteiger partial charge on any atom is 0.236 e. The molecule has 4 heterocycles. The van der Waals surface area contributed by atoms with Crippen LogP contribution in [0.4, 0.5) is 0 Å². The van der Waals surface area contributed by atoms with Gasteiger partial charge < -0.3 is 0 Å². The predicted octanol–water partition coefficient (Wildman–Crippen LogP) is 12.3. The highest BCUT2D eigenvalue weighted by molar-refractivity contribution is 7.27. The molecule has 0 amide bonds. The normalized spacial score (nSPS) is 12.3. The van der Waals surface area contributed by atoms with E-state index >= 15 is 0 Å². The average molecular weight is 634 g/mol. The summed E-state index contributed by atoms with van der Waals surface area (Å²) in [4.78, 5) is 12.0. The summed E-state index contributed by atoms with van der Waals surface area (Å²) >= 11 is 3.63. The van der Waals surface area contributed by atoms with Gasteiger partial charge in [-0.15, -0.1) is 22.7 Å². The van der Waals surface area contributed by atoms with Crippen LogP contribution in [0.2, 0.25) is 0 Å². The van der Waals surface area contributed by atoms with Crippen molar-refractivity contribution in [2.24, 2.45) is 0 Å². The van der Waals surface area contributed by atoms with Crippen molar-refractivity contribution in [1.29, 1.82) is 0 Å². The van der Waals surface area contributed by atoms with Crippen LogP contribution in [0, 0.1) is 0 Å². The molecule has 0 fully saturated rings. The Hall–Kier alpha value is -5.62. The summed E-state index contributed by atoms with van der Waals surface area (Å²) in [5.41, 5.74) is 4.36. The molecule has 0 N–H and O–H groups in total. The van der Waals surface area contributed by atoms with Gasteiger partial charge in [0.1, 0.15) is 4.83 Å². The first-order valence-corrected chi connectivity index (χ1v) is 17.4. The molecule has 0 saturated heterocycles. The fourth-order valence-corrected chi connectivity index (χ4v) is 9.98. The zero-order chi connectivity index (χ0) is 30.6. The minimum absolute atomic E-state index is 0.697. The highest BCUT2D eigenvalue weighted by Gasteiger charge is 2.24. The van der Waals surface area contributed by atoms with Gasteiger partial charge in [-0.05, 0) is 29.0 Å². The molecule has 0 aliphatic rings. The zero-order valence-electron chi connectivity index (χ0n) is 24.9. The fraction of sp³-hybridized carbons (Fsp3) is 0. The van der Waals surface area contributed by atoms with E-state index in [2.05, 4.69) is 144 Å². The molecule has 4 aromatic heterocycles. The number of hydrogen-bond donors (Lipinski definition) is 0. The van der Waals surface area contributed by atoms with Gasteiger partial charge in [0.15, 0.2) is 0 Å². The van der Waals surface area contributed by atoms with Crippen LogP contribution in [0.3, 0.4) is 0 Å². The summed E-state index contributed by atoms with van der Waals surface area (Å²) < 4.78 is 6.18. The lowest BCUT2D eigenvalue weighted by Crippen LogP contribution is -2.03. The monoisotopic (exact) mass is 633 g/mol. The molecule has 0 atom stereocenters. The van der Waals surface area contributed by atoms with Crippen molar-refractivity contribution in [3.05, 3.63) is 140 Å². The SMILES string of the molecule is c1ccc2c(-c3nc(-n4c5ccccc5c5c6c7ccccc7sc6c6ccccc6c54)nc4sc5ccccc5c34)cccc2c1. The standard InChI is InChI=1S/C42H23N3S2/c1-2-14-25-24(12-1)13-11-20-26(25)38-37-31-19-7-10-23-34(31)47-41(37)44-42(43-38)45-32-21-8-5-17-29(32)35-36-30-18-6-9-22-33(30)46-40(36)28-16-4-3-15-27(28)39(35)45/h1-23H. The van der Waals surface area contributed by atoms with Crippen LogP contribution in [0.5, 0.6) is 0 Å². The zero-order valence-corrected chi connectivity index (χ0v) is 26.6. The maximum atomic E-state index is 5.58. The van der Waals surface area contributed by atoms with Crippen molar-refractivity contribution in [2.45, 2.75) is 0 Å². The largest absolute Gasteiger partial charge is 0.277 e. The number of para-hydroxylation sites is 1. The minimum Gasteiger partial charge on any atom is -0.277 e. The van der Waals surface area contributed by atoms with Crippen molar-refractivity contribution >= 4 is 106 Å². The van der Waals surface area contributed by atoms with Gasteiger partial charge in [-0.2, -0.15) is 0 Å². The summed E-state index contributed by atoms with van der Waals surface area (Å²) in [6.45, 7) is 0. The first kappa shape index (κ1) is 25.6. The van der Waals surface area contributed by atoms with Gasteiger partial charge in [0, 0.05) is 62.8 Å². The second-order valence-electron chi connectivity index (χ2n) is 12.1. The number of hydrogen-bond acceptors (Lipinski definition) is 4. The van der Waals surface area contributed by atoms with E-state index in [0.717, 1.165) is 32.5 Å². The van der Waals surface area contributed by atoms with Crippen molar-refractivity contribution in [3.63, 3.8) is 0 Å². The van der Waals surface area contributed by atoms with Crippen molar-refractivity contribution in [1.82, 2.24) is 14.5 Å². The molecule has 11 rings (SSSR count). The van der Waals surface area contributed by atoms with Crippen LogP contribution in [-0.2, 0) is 0 Å². The second kappa shape index (κ2) is 9.46. The first-order chi connectivity index (χ1) is 23.3. The quantitative estimate of drug-likeness (QED) is 0.190. The average Bonchev–Trinajstić information content (AvgIpc) is 3.81. The predicted molar refractivity (Wildman–Crippen MR) is 203 cm³/mol. The number of aromatic nitrogens is 3. The number of rotatable bonds is 2. The molecule has 5 heteroatoms. The van der Waals surface area contributed by atoms with E-state index in [1.165, 1.54) is 62.6 Å². The molecular weight excluding hydrogens is 611 g/mol. The lowest BCUT2D eigenvalue weighted by atomic mass is 9.99. The summed E-state index contributed by atoms with van der Waals surface area (Å²) in [5, 5.41) is 12.3. The molecule has 7 aromatic carbocycles. The Bertz CT molecular complexity index is 3080. The van der Waals surface area contributed by atoms with E-state index in [0.29, 0.717) is 5.95 Å². The molecule has 0 unspecified atom stereocenters. The Labute approximate surface area is 276 Å². The Morgan fingerprint density at radius 2 is 1.06 bits per heavy atom. The van der Waals surface area contributed by atoms with Crippen LogP contribution in [-0.4, -0.2) is 14.5 Å². The summed E-state index contributed by atoms with van der Waals surface area (Å²) in [6, 6.07) is 50.2. The van der Waals surface area contributed by atoms with Gasteiger partial charge in [-0.1, -0.05) is 121 Å². The molecule has 11 aromatic rings. The molecule has 0 saturated carbocycles. The number of fused-ring (bicyclic) bond motifs is 14. The molecule has 0 aliphatic carbocycles. The third kappa shape index (κ3) is 3.45. The van der Waals surface area contributed by atoms with Gasteiger partial charge in [-0.3, -0.25) is 4.57 Å². The molecule has 3 nitrogen and oxygen atoms in total. The topological polar surface area (TPSA) is 30.7 Å². The lowest BCUT2D eigenvalue weighted by Gasteiger charge is -2.13. The second-order valence-corrected chi connectivity index (χ2v) is 14.2. The number of nitrogens with zero attached hydrogens (tertiary/aromatic N) is 3. The van der Waals surface area contributed by atoms with E-state index in [4.69, 9.17) is 9.97 Å². The molecule has 218 valence electrons. The van der Waals surface area contributed by atoms with Crippen molar-refractivity contribution in [2.75, 3.05) is 0 Å². The van der Waals surface area contributed by atoms with Crippen LogP contribution >= 0.6 is 22.7 Å². The van der Waals surface area contributed by atoms with E-state index < -0.39 is 0 Å². The van der Waals surface area contributed by atoms with E-state index in [-0.39, 0.29) is 0 Å². The van der Waals surface area contributed by atoms with E-state index in [9.17, 15) is 0 Å². The highest BCUT2D eigenvalue weighted by Crippen LogP contribution is 2.48. The Kier molecular flexibility index (Phi) is 5.14. The molecule has 47 heavy (non-hydrogen) atoms. The minimum atomic E-state index is 0.697. The molecular formula is C42H23N3S2. The molecule has 0 bridgehead atoms. The molecule has 0 aliphatic heterocycles. The van der Waals surface area contributed by atoms with Crippen molar-refractivity contribution < 1.29 is 0 Å². The van der Waals surface area contributed by atoms with Gasteiger partial charge in [-0.25, -0.2) is 9.97 Å². The third-order valence-electron chi connectivity index (χ3n) is 9.62. The van der Waals surface area contributed by atoms with Crippen LogP contribution in [0.1, 0.15) is 0 Å². The van der Waals surface area contributed by atoms with Crippen LogP contribution < -0.4 is 0 Å². The highest BCUT2D eigenvalue weighted by atomic mass is 32.1. The van der Waals surface area contributed by atoms with Gasteiger partial charge in [0.25, 0.3) is 0 Å². The summed E-state index contributed by atoms with van der Waals surface area (Å²) in [7, 11) is 0.